The molecule has 2 aromatic rings. The lowest BCUT2D eigenvalue weighted by atomic mass is 10.2. The van der Waals surface area contributed by atoms with Crippen molar-refractivity contribution in [1.29, 1.82) is 0 Å². The molecule has 0 aliphatic carbocycles. The van der Waals surface area contributed by atoms with Gasteiger partial charge in [0.2, 0.25) is 21.1 Å². The Morgan fingerprint density at radius 2 is 2.00 bits per heavy atom. The fourth-order valence-electron chi connectivity index (χ4n) is 3.57. The summed E-state index contributed by atoms with van der Waals surface area (Å²) in [6.07, 6.45) is 4.15. The number of aromatic nitrogens is 2. The lowest BCUT2D eigenvalue weighted by Crippen LogP contribution is -2.27. The Labute approximate surface area is 196 Å². The van der Waals surface area contributed by atoms with Gasteiger partial charge in [0.15, 0.2) is 4.34 Å². The summed E-state index contributed by atoms with van der Waals surface area (Å²) < 4.78 is 33.0. The van der Waals surface area contributed by atoms with Crippen LogP contribution in [0.3, 0.4) is 0 Å². The number of hydrogen-bond acceptors (Lipinski definition) is 9. The fourth-order valence-corrected chi connectivity index (χ4v) is 6.99. The van der Waals surface area contributed by atoms with Gasteiger partial charge in [0, 0.05) is 31.9 Å². The van der Waals surface area contributed by atoms with Crippen molar-refractivity contribution in [2.75, 3.05) is 36.9 Å². The summed E-state index contributed by atoms with van der Waals surface area (Å²) >= 11 is 2.74. The van der Waals surface area contributed by atoms with E-state index in [1.807, 2.05) is 0 Å². The van der Waals surface area contributed by atoms with Gasteiger partial charge in [-0.05, 0) is 56.9 Å². The molecule has 3 heterocycles. The smallest absolute Gasteiger partial charge is 0.243 e. The third kappa shape index (κ3) is 5.79. The first kappa shape index (κ1) is 23.4. The van der Waals surface area contributed by atoms with E-state index >= 15 is 0 Å². The van der Waals surface area contributed by atoms with Gasteiger partial charge in [0.25, 0.3) is 0 Å². The van der Waals surface area contributed by atoms with Gasteiger partial charge in [0.1, 0.15) is 0 Å². The zero-order valence-electron chi connectivity index (χ0n) is 17.8. The van der Waals surface area contributed by atoms with Gasteiger partial charge < -0.3 is 15.4 Å². The van der Waals surface area contributed by atoms with Crippen molar-refractivity contribution in [2.45, 2.75) is 53.2 Å². The molecule has 2 atom stereocenters. The number of hydrogen-bond donors (Lipinski definition) is 2. The molecule has 174 valence electrons. The zero-order valence-corrected chi connectivity index (χ0v) is 20.3. The Morgan fingerprint density at radius 3 is 2.69 bits per heavy atom. The molecule has 2 fully saturated rings. The molecule has 0 spiro atoms. The van der Waals surface area contributed by atoms with E-state index in [4.69, 9.17) is 4.74 Å². The van der Waals surface area contributed by atoms with E-state index < -0.39 is 10.0 Å². The second-order valence-corrected chi connectivity index (χ2v) is 12.3. The summed E-state index contributed by atoms with van der Waals surface area (Å²) in [5, 5.41) is 14.7. The lowest BCUT2D eigenvalue weighted by molar-refractivity contribution is -0.115. The maximum absolute atomic E-state index is 12.6. The third-order valence-corrected chi connectivity index (χ3v) is 9.36. The van der Waals surface area contributed by atoms with Crippen LogP contribution in [-0.2, 0) is 19.6 Å². The van der Waals surface area contributed by atoms with E-state index in [2.05, 4.69) is 20.8 Å². The number of benzene rings is 1. The maximum atomic E-state index is 12.6. The lowest BCUT2D eigenvalue weighted by Gasteiger charge is -2.16. The minimum atomic E-state index is -3.46. The highest BCUT2D eigenvalue weighted by Gasteiger charge is 2.27. The molecule has 12 heteroatoms. The molecule has 9 nitrogen and oxygen atoms in total. The molecule has 2 aliphatic rings. The van der Waals surface area contributed by atoms with E-state index in [1.54, 1.807) is 19.1 Å². The normalized spacial score (nSPS) is 20.3. The largest absolute Gasteiger partial charge is 0.376 e. The van der Waals surface area contributed by atoms with Crippen LogP contribution in [0.25, 0.3) is 0 Å². The van der Waals surface area contributed by atoms with Crippen LogP contribution in [0, 0.1) is 0 Å². The minimum Gasteiger partial charge on any atom is -0.376 e. The predicted octanol–water partition coefficient (Wildman–Crippen LogP) is 3.03. The Kier molecular flexibility index (Phi) is 7.66. The number of sulfonamides is 1. The van der Waals surface area contributed by atoms with E-state index in [1.165, 1.54) is 39.5 Å². The van der Waals surface area contributed by atoms with Gasteiger partial charge in [0.05, 0.1) is 16.2 Å². The molecule has 1 amide bonds. The van der Waals surface area contributed by atoms with Gasteiger partial charge >= 0.3 is 0 Å². The number of ether oxygens (including phenoxy) is 1. The molecule has 0 bridgehead atoms. The van der Waals surface area contributed by atoms with Crippen molar-refractivity contribution in [1.82, 2.24) is 14.5 Å². The van der Waals surface area contributed by atoms with Gasteiger partial charge in [-0.25, -0.2) is 8.42 Å². The van der Waals surface area contributed by atoms with Crippen LogP contribution in [0.2, 0.25) is 0 Å². The summed E-state index contributed by atoms with van der Waals surface area (Å²) in [6, 6.07) is 6.32. The summed E-state index contributed by atoms with van der Waals surface area (Å²) in [6.45, 7) is 4.44. The summed E-state index contributed by atoms with van der Waals surface area (Å²) in [7, 11) is -3.46. The highest BCUT2D eigenvalue weighted by Crippen LogP contribution is 2.30. The molecule has 4 rings (SSSR count). The van der Waals surface area contributed by atoms with Crippen molar-refractivity contribution in [3.63, 3.8) is 0 Å². The second kappa shape index (κ2) is 10.5. The number of thioether (sulfide) groups is 1. The van der Waals surface area contributed by atoms with Crippen LogP contribution in [-0.4, -0.2) is 66.4 Å². The first-order chi connectivity index (χ1) is 15.4. The molecule has 2 aliphatic heterocycles. The highest BCUT2D eigenvalue weighted by atomic mass is 32.2. The van der Waals surface area contributed by atoms with Gasteiger partial charge in [-0.2, -0.15) is 4.31 Å². The van der Waals surface area contributed by atoms with Crippen molar-refractivity contribution < 1.29 is 17.9 Å². The first-order valence-corrected chi connectivity index (χ1v) is 13.8. The predicted molar refractivity (Wildman–Crippen MR) is 126 cm³/mol. The summed E-state index contributed by atoms with van der Waals surface area (Å²) in [4.78, 5) is 12.8. The van der Waals surface area contributed by atoms with E-state index in [0.717, 1.165) is 32.3 Å². The monoisotopic (exact) mass is 497 g/mol. The molecule has 1 aromatic carbocycles. The van der Waals surface area contributed by atoms with E-state index in [9.17, 15) is 13.2 Å². The standard InChI is InChI=1S/C20H27N5O4S3/c1-14(30-20-24-23-19(31-20)21-13-16-5-4-12-29-16)18(26)22-15-6-8-17(9-7-15)32(27,28)25-10-2-3-11-25/h6-9,14,16H,2-5,10-13H2,1H3,(H,21,23)(H,22,26)/t14-,16-/m1/s1. The third-order valence-electron chi connectivity index (χ3n) is 5.38. The fraction of sp³-hybridized carbons (Fsp3) is 0.550. The Balaban J connectivity index is 1.28. The van der Waals surface area contributed by atoms with Crippen molar-refractivity contribution in [3.8, 4) is 0 Å². The Hall–Kier alpha value is -1.73. The topological polar surface area (TPSA) is 114 Å². The molecule has 0 unspecified atom stereocenters. The summed E-state index contributed by atoms with van der Waals surface area (Å²) in [5.41, 5.74) is 0.555. The molecular weight excluding hydrogens is 470 g/mol. The number of nitrogens with zero attached hydrogens (tertiary/aromatic N) is 3. The number of carbonyl (C=O) groups is 1. The molecule has 2 N–H and O–H groups in total. The quantitative estimate of drug-likeness (QED) is 0.508. The molecular formula is C20H27N5O4S3. The van der Waals surface area contributed by atoms with Crippen LogP contribution >= 0.6 is 23.1 Å². The number of carbonyl (C=O) groups excluding carboxylic acids is 1. The van der Waals surface area contributed by atoms with Crippen LogP contribution < -0.4 is 10.6 Å². The maximum Gasteiger partial charge on any atom is 0.243 e. The zero-order chi connectivity index (χ0) is 22.6. The molecule has 0 radical (unpaired) electrons. The first-order valence-electron chi connectivity index (χ1n) is 10.7. The molecule has 2 saturated heterocycles. The van der Waals surface area contributed by atoms with Crippen LogP contribution in [0.4, 0.5) is 10.8 Å². The van der Waals surface area contributed by atoms with Gasteiger partial charge in [-0.3, -0.25) is 4.79 Å². The Bertz CT molecular complexity index is 1020. The SMILES string of the molecule is C[C@@H](Sc1nnc(NC[C@H]2CCCO2)s1)C(=O)Nc1ccc(S(=O)(=O)N2CCCC2)cc1. The van der Waals surface area contributed by atoms with Crippen LogP contribution in [0.15, 0.2) is 33.5 Å². The van der Waals surface area contributed by atoms with Gasteiger partial charge in [-0.1, -0.05) is 23.1 Å². The van der Waals surface area contributed by atoms with Crippen molar-refractivity contribution >= 4 is 49.8 Å². The average Bonchev–Trinajstić information content (AvgIpc) is 3.55. The molecule has 1 aromatic heterocycles. The summed E-state index contributed by atoms with van der Waals surface area (Å²) in [5.74, 6) is -0.186. The van der Waals surface area contributed by atoms with E-state index in [0.29, 0.717) is 34.8 Å². The van der Waals surface area contributed by atoms with Gasteiger partial charge in [-0.15, -0.1) is 10.2 Å². The number of rotatable bonds is 9. The number of nitrogens with one attached hydrogen (secondary N) is 2. The average molecular weight is 498 g/mol. The molecule has 0 saturated carbocycles. The molecule has 32 heavy (non-hydrogen) atoms. The van der Waals surface area contributed by atoms with Crippen LogP contribution in [0.5, 0.6) is 0 Å². The van der Waals surface area contributed by atoms with Crippen LogP contribution in [0.1, 0.15) is 32.6 Å². The van der Waals surface area contributed by atoms with E-state index in [-0.39, 0.29) is 22.2 Å². The number of anilines is 2. The van der Waals surface area contributed by atoms with Crippen molar-refractivity contribution in [3.05, 3.63) is 24.3 Å². The second-order valence-electron chi connectivity index (χ2n) is 7.77. The highest BCUT2D eigenvalue weighted by molar-refractivity contribution is 8.02. The minimum absolute atomic E-state index is 0.186. The number of amides is 1. The Morgan fingerprint density at radius 1 is 1.25 bits per heavy atom. The van der Waals surface area contributed by atoms with Crippen molar-refractivity contribution in [2.24, 2.45) is 0 Å².